The Morgan fingerprint density at radius 3 is 2.86 bits per heavy atom. The van der Waals surface area contributed by atoms with Gasteiger partial charge in [0.15, 0.2) is 6.61 Å². The van der Waals surface area contributed by atoms with Gasteiger partial charge in [-0.05, 0) is 36.8 Å². The highest BCUT2D eigenvalue weighted by Gasteiger charge is 2.11. The molecule has 2 aromatic carbocycles. The molecule has 142 valence electrons. The number of amides is 1. The highest BCUT2D eigenvalue weighted by molar-refractivity contribution is 6.31. The lowest BCUT2D eigenvalue weighted by Crippen LogP contribution is -2.21. The number of nitrogens with zero attached hydrogens (tertiary/aromatic N) is 3. The van der Waals surface area contributed by atoms with Gasteiger partial charge in [-0.25, -0.2) is 14.5 Å². The largest absolute Gasteiger partial charge is 0.452 e. The second kappa shape index (κ2) is 8.96. The number of benzene rings is 2. The molecule has 1 heterocycles. The zero-order valence-corrected chi connectivity index (χ0v) is 15.8. The predicted octanol–water partition coefficient (Wildman–Crippen LogP) is 3.42. The van der Waals surface area contributed by atoms with Crippen molar-refractivity contribution in [2.75, 3.05) is 11.9 Å². The van der Waals surface area contributed by atoms with Crippen molar-refractivity contribution in [1.29, 1.82) is 0 Å². The van der Waals surface area contributed by atoms with Crippen LogP contribution in [0.1, 0.15) is 11.1 Å². The van der Waals surface area contributed by atoms with Gasteiger partial charge in [0.1, 0.15) is 12.7 Å². The molecule has 0 aliphatic carbocycles. The summed E-state index contributed by atoms with van der Waals surface area (Å²) in [5.74, 6) is -1.11. The molecule has 0 aliphatic rings. The minimum Gasteiger partial charge on any atom is -0.452 e. The molecule has 1 N–H and O–H groups in total. The highest BCUT2D eigenvalue weighted by atomic mass is 35.5. The van der Waals surface area contributed by atoms with Crippen LogP contribution in [0.15, 0.2) is 61.2 Å². The molecule has 28 heavy (non-hydrogen) atoms. The molecule has 1 amide bonds. The molecule has 0 radical (unpaired) electrons. The fraction of sp³-hybridized carbons (Fsp3) is 0.100. The third-order valence-electron chi connectivity index (χ3n) is 3.70. The van der Waals surface area contributed by atoms with Crippen LogP contribution >= 0.6 is 11.6 Å². The minimum atomic E-state index is -0.612. The first kappa shape index (κ1) is 19.3. The third-order valence-corrected chi connectivity index (χ3v) is 3.93. The molecule has 0 aliphatic heterocycles. The summed E-state index contributed by atoms with van der Waals surface area (Å²) in [5.41, 5.74) is 2.97. The summed E-state index contributed by atoms with van der Waals surface area (Å²) in [4.78, 5) is 27.9. The van der Waals surface area contributed by atoms with E-state index in [9.17, 15) is 9.59 Å². The van der Waals surface area contributed by atoms with E-state index in [2.05, 4.69) is 15.4 Å². The van der Waals surface area contributed by atoms with E-state index in [0.717, 1.165) is 11.1 Å². The first-order valence-corrected chi connectivity index (χ1v) is 8.75. The van der Waals surface area contributed by atoms with E-state index >= 15 is 0 Å². The Labute approximate surface area is 166 Å². The zero-order chi connectivity index (χ0) is 19.9. The number of ether oxygens (including phenoxy) is 1. The number of halogens is 1. The van der Waals surface area contributed by atoms with Crippen LogP contribution in [-0.4, -0.2) is 33.2 Å². The Kier molecular flexibility index (Phi) is 6.18. The zero-order valence-electron chi connectivity index (χ0n) is 15.0. The highest BCUT2D eigenvalue weighted by Crippen LogP contribution is 2.23. The molecule has 0 spiro atoms. The maximum Gasteiger partial charge on any atom is 0.331 e. The average molecular weight is 397 g/mol. The lowest BCUT2D eigenvalue weighted by molar-refractivity contribution is -0.142. The number of rotatable bonds is 6. The lowest BCUT2D eigenvalue weighted by Gasteiger charge is -2.11. The summed E-state index contributed by atoms with van der Waals surface area (Å²) in [5, 5.41) is 7.14. The summed E-state index contributed by atoms with van der Waals surface area (Å²) in [6.45, 7) is 1.53. The first-order valence-electron chi connectivity index (χ1n) is 8.37. The topological polar surface area (TPSA) is 86.1 Å². The van der Waals surface area contributed by atoms with Crippen LogP contribution in [0.2, 0.25) is 5.02 Å². The molecule has 0 unspecified atom stereocenters. The van der Waals surface area contributed by atoms with Crippen molar-refractivity contribution in [2.45, 2.75) is 6.92 Å². The minimum absolute atomic E-state index is 0.425. The fourth-order valence-electron chi connectivity index (χ4n) is 2.45. The summed E-state index contributed by atoms with van der Waals surface area (Å²) in [7, 11) is 0. The average Bonchev–Trinajstić information content (AvgIpc) is 3.19. The molecule has 0 saturated carbocycles. The number of nitrogens with one attached hydrogen (secondary N) is 1. The van der Waals surface area contributed by atoms with Crippen LogP contribution in [0.25, 0.3) is 11.8 Å². The molecular formula is C20H17ClN4O3. The maximum atomic E-state index is 12.2. The van der Waals surface area contributed by atoms with E-state index < -0.39 is 18.5 Å². The van der Waals surface area contributed by atoms with Gasteiger partial charge >= 0.3 is 5.97 Å². The van der Waals surface area contributed by atoms with Crippen LogP contribution in [0.3, 0.4) is 0 Å². The number of anilines is 1. The van der Waals surface area contributed by atoms with Crippen LogP contribution in [0.4, 0.5) is 5.69 Å². The molecule has 7 nitrogen and oxygen atoms in total. The van der Waals surface area contributed by atoms with Gasteiger partial charge in [0.05, 0.1) is 11.4 Å². The second-order valence-corrected chi connectivity index (χ2v) is 6.34. The van der Waals surface area contributed by atoms with Gasteiger partial charge in [-0.2, -0.15) is 5.10 Å². The van der Waals surface area contributed by atoms with Gasteiger partial charge in [-0.15, -0.1) is 0 Å². The van der Waals surface area contributed by atoms with Gasteiger partial charge in [0, 0.05) is 11.1 Å². The molecule has 0 bridgehead atoms. The standard InChI is InChI=1S/C20H17ClN4O3/c1-14-3-2-4-15(9-14)5-8-20(27)28-11-19(26)24-17-10-16(21)6-7-18(17)25-13-22-12-23-25/h2-10,12-13H,11H2,1H3,(H,24,26)/b8-5+. The number of carbonyl (C=O) groups excluding carboxylic acids is 2. The van der Waals surface area contributed by atoms with Crippen molar-refractivity contribution in [1.82, 2.24) is 14.8 Å². The number of hydrogen-bond donors (Lipinski definition) is 1. The van der Waals surface area contributed by atoms with Crippen molar-refractivity contribution < 1.29 is 14.3 Å². The molecule has 0 saturated heterocycles. The molecule has 0 atom stereocenters. The van der Waals surface area contributed by atoms with E-state index in [4.69, 9.17) is 16.3 Å². The summed E-state index contributed by atoms with van der Waals surface area (Å²) in [6, 6.07) is 12.6. The van der Waals surface area contributed by atoms with Gasteiger partial charge in [0.25, 0.3) is 5.91 Å². The third kappa shape index (κ3) is 5.28. The predicted molar refractivity (Wildman–Crippen MR) is 106 cm³/mol. The molecule has 0 fully saturated rings. The van der Waals surface area contributed by atoms with Crippen molar-refractivity contribution in [3.05, 3.63) is 77.3 Å². The molecule has 1 aromatic heterocycles. The first-order chi connectivity index (χ1) is 13.5. The van der Waals surface area contributed by atoms with Crippen molar-refractivity contribution in [3.63, 3.8) is 0 Å². The molecule has 3 rings (SSSR count). The van der Waals surface area contributed by atoms with E-state index in [1.165, 1.54) is 23.4 Å². The van der Waals surface area contributed by atoms with Crippen molar-refractivity contribution in [2.24, 2.45) is 0 Å². The smallest absolute Gasteiger partial charge is 0.331 e. The van der Waals surface area contributed by atoms with Gasteiger partial charge < -0.3 is 10.1 Å². The van der Waals surface area contributed by atoms with Crippen LogP contribution in [-0.2, 0) is 14.3 Å². The molecular weight excluding hydrogens is 380 g/mol. The van der Waals surface area contributed by atoms with Crippen molar-refractivity contribution in [3.8, 4) is 5.69 Å². The molecule has 3 aromatic rings. The summed E-state index contributed by atoms with van der Waals surface area (Å²) < 4.78 is 6.47. The lowest BCUT2D eigenvalue weighted by atomic mass is 10.1. The quantitative estimate of drug-likeness (QED) is 0.509. The number of aryl methyl sites for hydroxylation is 1. The Morgan fingerprint density at radius 1 is 1.25 bits per heavy atom. The van der Waals surface area contributed by atoms with Crippen LogP contribution in [0.5, 0.6) is 0 Å². The fourth-order valence-corrected chi connectivity index (χ4v) is 2.62. The van der Waals surface area contributed by atoms with Crippen molar-refractivity contribution >= 4 is 35.2 Å². The van der Waals surface area contributed by atoms with Gasteiger partial charge in [-0.3, -0.25) is 4.79 Å². The van der Waals surface area contributed by atoms with Crippen LogP contribution in [0, 0.1) is 6.92 Å². The summed E-state index contributed by atoms with van der Waals surface area (Å²) in [6.07, 6.45) is 5.78. The summed E-state index contributed by atoms with van der Waals surface area (Å²) >= 11 is 6.01. The Balaban J connectivity index is 1.59. The number of aromatic nitrogens is 3. The Bertz CT molecular complexity index is 1020. The Hall–Kier alpha value is -3.45. The monoisotopic (exact) mass is 396 g/mol. The molecule has 8 heteroatoms. The maximum absolute atomic E-state index is 12.2. The second-order valence-electron chi connectivity index (χ2n) is 5.90. The SMILES string of the molecule is Cc1cccc(/C=C/C(=O)OCC(=O)Nc2cc(Cl)ccc2-n2cncn2)c1. The van der Waals surface area contributed by atoms with E-state index in [1.54, 1.807) is 24.3 Å². The number of carbonyl (C=O) groups is 2. The van der Waals surface area contributed by atoms with Crippen LogP contribution < -0.4 is 5.32 Å². The normalized spacial score (nSPS) is 10.8. The van der Waals surface area contributed by atoms with E-state index in [-0.39, 0.29) is 0 Å². The van der Waals surface area contributed by atoms with Gasteiger partial charge in [0.2, 0.25) is 0 Å². The van der Waals surface area contributed by atoms with E-state index in [1.807, 2.05) is 31.2 Å². The Morgan fingerprint density at radius 2 is 2.11 bits per heavy atom. The van der Waals surface area contributed by atoms with Gasteiger partial charge in [-0.1, -0.05) is 41.4 Å². The number of esters is 1. The number of hydrogen-bond acceptors (Lipinski definition) is 5. The van der Waals surface area contributed by atoms with E-state index in [0.29, 0.717) is 16.4 Å².